The third-order valence-corrected chi connectivity index (χ3v) is 6.69. The van der Waals surface area contributed by atoms with E-state index in [1.807, 2.05) is 47.4 Å². The molecule has 0 radical (unpaired) electrons. The van der Waals surface area contributed by atoms with Crippen LogP contribution >= 0.6 is 0 Å². The summed E-state index contributed by atoms with van der Waals surface area (Å²) in [6.07, 6.45) is 0. The monoisotopic (exact) mass is 449 g/mol. The van der Waals surface area contributed by atoms with E-state index < -0.39 is 0 Å². The number of carbonyl (C=O) groups excluding carboxylic acids is 2. The third kappa shape index (κ3) is 5.85. The Labute approximate surface area is 196 Å². The number of benzene rings is 2. The van der Waals surface area contributed by atoms with Gasteiger partial charge >= 0.3 is 0 Å². The average Bonchev–Trinajstić information content (AvgIpc) is 2.88. The Morgan fingerprint density at radius 3 is 1.88 bits per heavy atom. The molecule has 2 aliphatic heterocycles. The van der Waals surface area contributed by atoms with Gasteiger partial charge in [-0.1, -0.05) is 18.2 Å². The Morgan fingerprint density at radius 1 is 0.758 bits per heavy atom. The van der Waals surface area contributed by atoms with Crippen molar-refractivity contribution in [2.75, 3.05) is 68.7 Å². The van der Waals surface area contributed by atoms with Crippen molar-refractivity contribution in [2.45, 2.75) is 19.9 Å². The molecular formula is C26H35N5O2. The smallest absolute Gasteiger partial charge is 0.251 e. The minimum absolute atomic E-state index is 0.0308. The molecule has 2 saturated heterocycles. The van der Waals surface area contributed by atoms with E-state index in [4.69, 9.17) is 0 Å². The highest BCUT2D eigenvalue weighted by Crippen LogP contribution is 2.18. The van der Waals surface area contributed by atoms with Gasteiger partial charge in [0.1, 0.15) is 0 Å². The number of nitrogens with zero attached hydrogens (tertiary/aromatic N) is 4. The summed E-state index contributed by atoms with van der Waals surface area (Å²) in [5, 5.41) is 2.79. The van der Waals surface area contributed by atoms with Crippen LogP contribution in [0.3, 0.4) is 0 Å². The third-order valence-electron chi connectivity index (χ3n) is 6.69. The first-order chi connectivity index (χ1) is 16.0. The van der Waals surface area contributed by atoms with Crippen LogP contribution < -0.4 is 15.1 Å². The lowest BCUT2D eigenvalue weighted by Gasteiger charge is -2.38. The van der Waals surface area contributed by atoms with Gasteiger partial charge in [-0.05, 0) is 50.2 Å². The molecule has 2 heterocycles. The van der Waals surface area contributed by atoms with E-state index in [0.29, 0.717) is 24.7 Å². The molecule has 0 aromatic heterocycles. The van der Waals surface area contributed by atoms with E-state index >= 15 is 0 Å². The number of hydrogen-bond donors (Lipinski definition) is 1. The Morgan fingerprint density at radius 2 is 1.30 bits per heavy atom. The van der Waals surface area contributed by atoms with Gasteiger partial charge in [-0.15, -0.1) is 0 Å². The van der Waals surface area contributed by atoms with Crippen LogP contribution in [0, 0.1) is 0 Å². The first kappa shape index (κ1) is 23.1. The molecule has 2 aromatic carbocycles. The Bertz CT molecular complexity index is 915. The Kier molecular flexibility index (Phi) is 7.50. The van der Waals surface area contributed by atoms with Gasteiger partial charge in [-0.3, -0.25) is 14.5 Å². The summed E-state index contributed by atoms with van der Waals surface area (Å²) in [6.45, 7) is 11.5. The molecule has 0 atom stereocenters. The SMILES string of the molecule is CC(C)N1CCN(c2ccc(C(=O)NCC(=O)N3CCN(c4ccccc4)CC3)cc2)CC1. The molecule has 2 aliphatic rings. The highest BCUT2D eigenvalue weighted by Gasteiger charge is 2.22. The number of piperazine rings is 2. The number of carbonyl (C=O) groups is 2. The van der Waals surface area contributed by atoms with E-state index in [1.54, 1.807) is 0 Å². The molecule has 33 heavy (non-hydrogen) atoms. The number of amides is 2. The molecule has 0 bridgehead atoms. The van der Waals surface area contributed by atoms with Gasteiger partial charge in [0.2, 0.25) is 5.91 Å². The normalized spacial score (nSPS) is 17.4. The van der Waals surface area contributed by atoms with Crippen LogP contribution in [0.4, 0.5) is 11.4 Å². The quantitative estimate of drug-likeness (QED) is 0.733. The molecule has 176 valence electrons. The molecule has 0 unspecified atom stereocenters. The summed E-state index contributed by atoms with van der Waals surface area (Å²) >= 11 is 0. The summed E-state index contributed by atoms with van der Waals surface area (Å²) in [5.41, 5.74) is 2.91. The van der Waals surface area contributed by atoms with E-state index in [1.165, 1.54) is 5.69 Å². The zero-order valence-corrected chi connectivity index (χ0v) is 19.7. The van der Waals surface area contributed by atoms with Crippen molar-refractivity contribution < 1.29 is 9.59 Å². The fraction of sp³-hybridized carbons (Fsp3) is 0.462. The van der Waals surface area contributed by atoms with Gasteiger partial charge in [0.05, 0.1) is 6.54 Å². The van der Waals surface area contributed by atoms with Crippen LogP contribution in [0.1, 0.15) is 24.2 Å². The minimum Gasteiger partial charge on any atom is -0.369 e. The topological polar surface area (TPSA) is 59.1 Å². The van der Waals surface area contributed by atoms with Gasteiger partial charge in [0.25, 0.3) is 5.91 Å². The fourth-order valence-electron chi connectivity index (χ4n) is 4.54. The molecule has 1 N–H and O–H groups in total. The molecule has 0 saturated carbocycles. The summed E-state index contributed by atoms with van der Waals surface area (Å²) in [6, 6.07) is 18.5. The van der Waals surface area contributed by atoms with Gasteiger partial charge in [0, 0.05) is 75.3 Å². The van der Waals surface area contributed by atoms with E-state index in [9.17, 15) is 9.59 Å². The zero-order valence-electron chi connectivity index (χ0n) is 19.7. The first-order valence-electron chi connectivity index (χ1n) is 12.0. The maximum atomic E-state index is 12.6. The van der Waals surface area contributed by atoms with Crippen molar-refractivity contribution in [1.82, 2.24) is 15.1 Å². The number of nitrogens with one attached hydrogen (secondary N) is 1. The zero-order chi connectivity index (χ0) is 23.2. The number of rotatable bonds is 6. The van der Waals surface area contributed by atoms with Crippen molar-refractivity contribution >= 4 is 23.2 Å². The lowest BCUT2D eigenvalue weighted by Crippen LogP contribution is -2.51. The van der Waals surface area contributed by atoms with Crippen LogP contribution in [0.15, 0.2) is 54.6 Å². The summed E-state index contributed by atoms with van der Waals surface area (Å²) < 4.78 is 0. The van der Waals surface area contributed by atoms with Crippen molar-refractivity contribution in [2.24, 2.45) is 0 Å². The van der Waals surface area contributed by atoms with Crippen molar-refractivity contribution in [1.29, 1.82) is 0 Å². The molecule has 4 rings (SSSR count). The number of anilines is 2. The molecule has 0 spiro atoms. The Hall–Kier alpha value is -3.06. The largest absolute Gasteiger partial charge is 0.369 e. The van der Waals surface area contributed by atoms with Crippen molar-refractivity contribution in [3.63, 3.8) is 0 Å². The lowest BCUT2D eigenvalue weighted by molar-refractivity contribution is -0.130. The second-order valence-electron chi connectivity index (χ2n) is 9.05. The van der Waals surface area contributed by atoms with Crippen LogP contribution in [-0.2, 0) is 4.79 Å². The molecular weight excluding hydrogens is 414 g/mol. The average molecular weight is 450 g/mol. The highest BCUT2D eigenvalue weighted by molar-refractivity contribution is 5.96. The maximum absolute atomic E-state index is 12.6. The second-order valence-corrected chi connectivity index (χ2v) is 9.05. The van der Waals surface area contributed by atoms with Gasteiger partial charge < -0.3 is 20.0 Å². The maximum Gasteiger partial charge on any atom is 0.251 e. The van der Waals surface area contributed by atoms with E-state index in [0.717, 1.165) is 45.0 Å². The summed E-state index contributed by atoms with van der Waals surface area (Å²) in [5.74, 6) is -0.238. The summed E-state index contributed by atoms with van der Waals surface area (Å²) in [7, 11) is 0. The molecule has 2 fully saturated rings. The predicted molar refractivity (Wildman–Crippen MR) is 133 cm³/mol. The first-order valence-corrected chi connectivity index (χ1v) is 12.0. The van der Waals surface area contributed by atoms with E-state index in [-0.39, 0.29) is 18.4 Å². The van der Waals surface area contributed by atoms with Gasteiger partial charge in [-0.25, -0.2) is 0 Å². The fourth-order valence-corrected chi connectivity index (χ4v) is 4.54. The standard InChI is InChI=1S/C26H35N5O2/c1-21(2)28-12-14-30(15-13-28)24-10-8-22(9-11-24)26(33)27-20-25(32)31-18-16-29(17-19-31)23-6-4-3-5-7-23/h3-11,21H,12-20H2,1-2H3,(H,27,33). The molecule has 7 nitrogen and oxygen atoms in total. The Balaban J connectivity index is 1.22. The lowest BCUT2D eigenvalue weighted by atomic mass is 10.1. The molecule has 7 heteroatoms. The second kappa shape index (κ2) is 10.7. The van der Waals surface area contributed by atoms with Crippen molar-refractivity contribution in [3.05, 3.63) is 60.2 Å². The number of para-hydroxylation sites is 1. The molecule has 0 aliphatic carbocycles. The van der Waals surface area contributed by atoms with Crippen molar-refractivity contribution in [3.8, 4) is 0 Å². The highest BCUT2D eigenvalue weighted by atomic mass is 16.2. The van der Waals surface area contributed by atoms with Crippen LogP contribution in [0.5, 0.6) is 0 Å². The van der Waals surface area contributed by atoms with Crippen LogP contribution in [0.25, 0.3) is 0 Å². The number of hydrogen-bond acceptors (Lipinski definition) is 5. The van der Waals surface area contributed by atoms with Gasteiger partial charge in [0.15, 0.2) is 0 Å². The minimum atomic E-state index is -0.206. The molecule has 2 amide bonds. The summed E-state index contributed by atoms with van der Waals surface area (Å²) in [4.78, 5) is 34.1. The van der Waals surface area contributed by atoms with E-state index in [2.05, 4.69) is 46.0 Å². The predicted octanol–water partition coefficient (Wildman–Crippen LogP) is 2.30. The molecule has 2 aromatic rings. The van der Waals surface area contributed by atoms with Crippen LogP contribution in [0.2, 0.25) is 0 Å². The van der Waals surface area contributed by atoms with Crippen LogP contribution in [-0.4, -0.2) is 86.6 Å². The van der Waals surface area contributed by atoms with Gasteiger partial charge in [-0.2, -0.15) is 0 Å².